The Morgan fingerprint density at radius 2 is 1.97 bits per heavy atom. The van der Waals surface area contributed by atoms with Crippen LogP contribution in [-0.2, 0) is 16.1 Å². The van der Waals surface area contributed by atoms with Crippen molar-refractivity contribution in [3.63, 3.8) is 0 Å². The maximum Gasteiger partial charge on any atom is 0.407 e. The number of ether oxygens (including phenoxy) is 1. The van der Waals surface area contributed by atoms with Crippen molar-refractivity contribution in [1.82, 2.24) is 19.4 Å². The van der Waals surface area contributed by atoms with Crippen LogP contribution in [0.3, 0.4) is 0 Å². The van der Waals surface area contributed by atoms with Gasteiger partial charge in [-0.05, 0) is 43.4 Å². The van der Waals surface area contributed by atoms with Gasteiger partial charge in [-0.15, -0.1) is 0 Å². The van der Waals surface area contributed by atoms with Gasteiger partial charge in [-0.3, -0.25) is 9.59 Å². The lowest BCUT2D eigenvalue weighted by Gasteiger charge is -2.41. The molecule has 0 saturated carbocycles. The third kappa shape index (κ3) is 6.27. The molecule has 0 spiro atoms. The quantitative estimate of drug-likeness (QED) is 0.488. The highest BCUT2D eigenvalue weighted by Crippen LogP contribution is 2.26. The lowest BCUT2D eigenvalue weighted by atomic mass is 9.92. The van der Waals surface area contributed by atoms with Crippen molar-refractivity contribution in [2.45, 2.75) is 45.7 Å². The first-order valence-corrected chi connectivity index (χ1v) is 11.8. The number of aliphatic carboxylic acids is 1. The number of aryl methyl sites for hydroxylation is 1. The molecule has 1 aromatic carbocycles. The van der Waals surface area contributed by atoms with Gasteiger partial charge in [0.05, 0.1) is 23.0 Å². The number of hydrogen-bond acceptors (Lipinski definition) is 5. The molecule has 2 amide bonds. The first kappa shape index (κ1) is 26.4. The number of hydrogen-bond donors (Lipinski definition) is 2. The molecule has 0 unspecified atom stereocenters. The van der Waals surface area contributed by atoms with Crippen LogP contribution < -0.4 is 0 Å². The normalized spacial score (nSPS) is 18.3. The van der Waals surface area contributed by atoms with Crippen LogP contribution in [0.1, 0.15) is 43.7 Å². The Bertz CT molecular complexity index is 1050. The minimum Gasteiger partial charge on any atom is -0.481 e. The van der Waals surface area contributed by atoms with E-state index in [0.717, 1.165) is 11.3 Å². The lowest BCUT2D eigenvalue weighted by Crippen LogP contribution is -2.56. The number of benzene rings is 1. The summed E-state index contributed by atoms with van der Waals surface area (Å²) in [5.41, 5.74) is 0.972. The maximum absolute atomic E-state index is 14.1. The van der Waals surface area contributed by atoms with Gasteiger partial charge in [0, 0.05) is 39.9 Å². The van der Waals surface area contributed by atoms with Gasteiger partial charge in [-0.25, -0.2) is 14.2 Å². The average molecular weight is 493 g/mol. The van der Waals surface area contributed by atoms with Gasteiger partial charge in [0.25, 0.3) is 5.91 Å². The van der Waals surface area contributed by atoms with E-state index in [9.17, 15) is 29.0 Å². The summed E-state index contributed by atoms with van der Waals surface area (Å²) in [6, 6.07) is 3.52. The number of imidazole rings is 1. The van der Waals surface area contributed by atoms with E-state index >= 15 is 0 Å². The highest BCUT2D eigenvalue weighted by Gasteiger charge is 2.39. The van der Waals surface area contributed by atoms with E-state index in [4.69, 9.17) is 4.74 Å². The van der Waals surface area contributed by atoms with Gasteiger partial charge >= 0.3 is 12.1 Å². The molecule has 1 fully saturated rings. The predicted octanol–water partition coefficient (Wildman–Crippen LogP) is 3.15. The minimum atomic E-state index is -1.22. The first-order chi connectivity index (χ1) is 16.6. The van der Waals surface area contributed by atoms with Crippen LogP contribution in [0.2, 0.25) is 0 Å². The van der Waals surface area contributed by atoms with E-state index in [1.165, 1.54) is 18.2 Å². The molecule has 3 rings (SSSR count). The van der Waals surface area contributed by atoms with Crippen LogP contribution in [0.5, 0.6) is 0 Å². The average Bonchev–Trinajstić information content (AvgIpc) is 3.17. The number of likely N-dealkylation sites (tertiary alicyclic amines) is 1. The van der Waals surface area contributed by atoms with Crippen molar-refractivity contribution in [3.05, 3.63) is 29.8 Å². The number of aromatic nitrogens is 2. The number of carbonyl (C=O) groups excluding carboxylic acids is 1. The molecule has 1 aromatic heterocycles. The molecule has 2 heterocycles. The van der Waals surface area contributed by atoms with Crippen molar-refractivity contribution in [2.24, 2.45) is 11.8 Å². The van der Waals surface area contributed by atoms with Crippen molar-refractivity contribution < 1.29 is 33.7 Å². The van der Waals surface area contributed by atoms with E-state index in [2.05, 4.69) is 4.98 Å². The smallest absolute Gasteiger partial charge is 0.407 e. The third-order valence-corrected chi connectivity index (χ3v) is 6.19. The summed E-state index contributed by atoms with van der Waals surface area (Å²) >= 11 is 0. The van der Waals surface area contributed by atoms with Gasteiger partial charge in [-0.1, -0.05) is 13.8 Å². The number of nitrogens with zero attached hydrogens (tertiary/aromatic N) is 4. The van der Waals surface area contributed by atoms with Crippen LogP contribution in [0.25, 0.3) is 11.0 Å². The summed E-state index contributed by atoms with van der Waals surface area (Å²) in [5.74, 6) is -2.72. The zero-order chi connectivity index (χ0) is 25.7. The number of carboxylic acid groups (broad SMARTS) is 2. The Labute approximate surface area is 203 Å². The number of carboxylic acids is 1. The van der Waals surface area contributed by atoms with Crippen molar-refractivity contribution in [1.29, 1.82) is 0 Å². The molecule has 11 heteroatoms. The monoisotopic (exact) mass is 492 g/mol. The molecule has 10 nitrogen and oxygen atoms in total. The third-order valence-electron chi connectivity index (χ3n) is 6.19. The molecule has 2 atom stereocenters. The van der Waals surface area contributed by atoms with Crippen molar-refractivity contribution in [2.75, 3.05) is 33.4 Å². The topological polar surface area (TPSA) is 125 Å². The molecular weight excluding hydrogens is 459 g/mol. The van der Waals surface area contributed by atoms with Gasteiger partial charge < -0.3 is 29.3 Å². The predicted molar refractivity (Wildman–Crippen MR) is 126 cm³/mol. The van der Waals surface area contributed by atoms with E-state index in [-0.39, 0.29) is 31.3 Å². The molecular formula is C24H33FN4O6. The van der Waals surface area contributed by atoms with Crippen LogP contribution in [-0.4, -0.2) is 86.9 Å². The van der Waals surface area contributed by atoms with Crippen LogP contribution >= 0.6 is 0 Å². The van der Waals surface area contributed by atoms with Crippen LogP contribution in [0.15, 0.2) is 18.2 Å². The Balaban J connectivity index is 2.00. The van der Waals surface area contributed by atoms with Crippen molar-refractivity contribution >= 4 is 29.0 Å². The summed E-state index contributed by atoms with van der Waals surface area (Å²) < 4.78 is 20.9. The lowest BCUT2D eigenvalue weighted by molar-refractivity contribution is -0.144. The zero-order valence-corrected chi connectivity index (χ0v) is 20.3. The zero-order valence-electron chi connectivity index (χ0n) is 20.3. The van der Waals surface area contributed by atoms with Gasteiger partial charge in [-0.2, -0.15) is 0 Å². The summed E-state index contributed by atoms with van der Waals surface area (Å²) in [6.45, 7) is 5.01. The largest absolute Gasteiger partial charge is 0.481 e. The summed E-state index contributed by atoms with van der Waals surface area (Å²) in [7, 11) is 1.61. The van der Waals surface area contributed by atoms with Crippen molar-refractivity contribution in [3.8, 4) is 0 Å². The molecule has 0 bridgehead atoms. The second-order valence-electron chi connectivity index (χ2n) is 9.38. The first-order valence-electron chi connectivity index (χ1n) is 11.8. The number of methoxy groups -OCH3 is 1. The van der Waals surface area contributed by atoms with E-state index < -0.39 is 35.7 Å². The fourth-order valence-corrected chi connectivity index (χ4v) is 4.55. The molecule has 0 radical (unpaired) electrons. The minimum absolute atomic E-state index is 0.0142. The molecule has 1 saturated heterocycles. The van der Waals surface area contributed by atoms with Gasteiger partial charge in [0.1, 0.15) is 5.82 Å². The highest BCUT2D eigenvalue weighted by molar-refractivity contribution is 5.95. The maximum atomic E-state index is 14.1. The summed E-state index contributed by atoms with van der Waals surface area (Å²) in [5, 5.41) is 19.1. The Kier molecular flexibility index (Phi) is 8.66. The van der Waals surface area contributed by atoms with E-state index in [1.807, 2.05) is 13.8 Å². The molecule has 192 valence electrons. The van der Waals surface area contributed by atoms with Crippen LogP contribution in [0, 0.1) is 17.7 Å². The number of halogens is 1. The number of fused-ring (bicyclic) bond motifs is 1. The molecule has 2 N–H and O–H groups in total. The number of amides is 2. The molecule has 0 aliphatic carbocycles. The second kappa shape index (κ2) is 11.5. The second-order valence-corrected chi connectivity index (χ2v) is 9.38. The summed E-state index contributed by atoms with van der Waals surface area (Å²) in [6.07, 6.45) is 0.335. The van der Waals surface area contributed by atoms with Gasteiger partial charge in [0.2, 0.25) is 0 Å². The Morgan fingerprint density at radius 3 is 2.60 bits per heavy atom. The van der Waals surface area contributed by atoms with E-state index in [1.54, 1.807) is 16.6 Å². The number of carbonyl (C=O) groups is 3. The Hall–Kier alpha value is -3.21. The molecule has 1 aliphatic rings. The van der Waals surface area contributed by atoms with Crippen LogP contribution in [0.4, 0.5) is 9.18 Å². The molecule has 1 aliphatic heterocycles. The number of piperidine rings is 1. The fraction of sp³-hybridized carbons (Fsp3) is 0.583. The number of unbranched alkanes of at least 4 members (excludes halogenated alkanes) is 1. The Morgan fingerprint density at radius 1 is 1.23 bits per heavy atom. The number of rotatable bonds is 10. The molecule has 2 aromatic rings. The SMILES string of the molecule is COCCCCn1c(C(=O)N(CC(C)C)[C@H]2C[C@@H](C(=O)O)CN(C(=O)O)C2)nc2ccc(F)cc21. The summed E-state index contributed by atoms with van der Waals surface area (Å²) in [4.78, 5) is 44.4. The van der Waals surface area contributed by atoms with E-state index in [0.29, 0.717) is 37.2 Å². The highest BCUT2D eigenvalue weighted by atomic mass is 19.1. The molecule has 35 heavy (non-hydrogen) atoms. The fourth-order valence-electron chi connectivity index (χ4n) is 4.55. The standard InChI is InChI=1S/C24H33FN4O6/c1-15(2)12-29(18-10-16(23(31)32)13-27(14-18)24(33)34)22(30)21-26-19-7-6-17(25)11-20(19)28(21)8-4-5-9-35-3/h6-7,11,15-16,18H,4-5,8-10,12-14H2,1-3H3,(H,31,32)(H,33,34)/t16-,18+/m1/s1. The van der Waals surface area contributed by atoms with Gasteiger partial charge in [0.15, 0.2) is 5.82 Å².